The first kappa shape index (κ1) is 23.5. The molecule has 0 spiro atoms. The number of aryl methyl sites for hydroxylation is 1. The number of nitrogens with one attached hydrogen (secondary N) is 2. The van der Waals surface area contributed by atoms with Gasteiger partial charge in [0.2, 0.25) is 0 Å². The molecule has 1 atom stereocenters. The summed E-state index contributed by atoms with van der Waals surface area (Å²) >= 11 is 0. The fourth-order valence-corrected chi connectivity index (χ4v) is 3.76. The van der Waals surface area contributed by atoms with Gasteiger partial charge in [0.25, 0.3) is 0 Å². The first-order chi connectivity index (χ1) is 15.1. The first-order valence-corrected chi connectivity index (χ1v) is 10.4. The predicted octanol–water partition coefficient (Wildman–Crippen LogP) is 3.59. The Morgan fingerprint density at radius 1 is 1.31 bits per heavy atom. The second-order valence-electron chi connectivity index (χ2n) is 7.82. The maximum absolute atomic E-state index is 12.6. The van der Waals surface area contributed by atoms with E-state index in [1.54, 1.807) is 6.07 Å². The van der Waals surface area contributed by atoms with Crippen LogP contribution in [-0.2, 0) is 6.42 Å². The van der Waals surface area contributed by atoms with Crippen LogP contribution in [0.2, 0.25) is 0 Å². The average Bonchev–Trinajstić information content (AvgIpc) is 2.74. The van der Waals surface area contributed by atoms with Crippen LogP contribution in [0.3, 0.4) is 0 Å². The van der Waals surface area contributed by atoms with E-state index in [4.69, 9.17) is 5.73 Å². The van der Waals surface area contributed by atoms with Crippen LogP contribution in [0.5, 0.6) is 0 Å². The number of nitrogens with two attached hydrogens (primary N) is 1. The molecule has 0 aliphatic carbocycles. The van der Waals surface area contributed by atoms with Crippen molar-refractivity contribution < 1.29 is 13.2 Å². The number of fused-ring (bicyclic) bond motifs is 1. The lowest BCUT2D eigenvalue weighted by atomic mass is 9.96. The maximum atomic E-state index is 12.6. The van der Waals surface area contributed by atoms with Crippen molar-refractivity contribution >= 4 is 11.5 Å². The largest absolute Gasteiger partial charge is 0.405 e. The van der Waals surface area contributed by atoms with Crippen LogP contribution in [0.4, 0.5) is 19.0 Å². The summed E-state index contributed by atoms with van der Waals surface area (Å²) in [5.41, 5.74) is 8.89. The third kappa shape index (κ3) is 5.34. The molecule has 2 aliphatic heterocycles. The van der Waals surface area contributed by atoms with E-state index in [9.17, 15) is 13.2 Å². The van der Waals surface area contributed by atoms with Crippen LogP contribution in [0.15, 0.2) is 67.4 Å². The van der Waals surface area contributed by atoms with Crippen LogP contribution in [0, 0.1) is 0 Å². The molecule has 172 valence electrons. The van der Waals surface area contributed by atoms with Crippen molar-refractivity contribution in [3.63, 3.8) is 0 Å². The van der Waals surface area contributed by atoms with E-state index in [-0.39, 0.29) is 11.7 Å². The number of anilines is 1. The van der Waals surface area contributed by atoms with Crippen molar-refractivity contribution in [2.24, 2.45) is 5.73 Å². The molecule has 3 rings (SSSR count). The number of nitrogens with zero attached hydrogens (tertiary/aromatic N) is 3. The summed E-state index contributed by atoms with van der Waals surface area (Å²) in [5.74, 6) is 1.24. The van der Waals surface area contributed by atoms with E-state index in [1.807, 2.05) is 41.3 Å². The number of hydrogen-bond donors (Lipinski definition) is 3. The van der Waals surface area contributed by atoms with Gasteiger partial charge in [0.1, 0.15) is 18.2 Å². The summed E-state index contributed by atoms with van der Waals surface area (Å²) in [6, 6.07) is 3.62. The second-order valence-corrected chi connectivity index (χ2v) is 7.82. The van der Waals surface area contributed by atoms with Gasteiger partial charge in [-0.15, -0.1) is 0 Å². The minimum Gasteiger partial charge on any atom is -0.375 e. The Labute approximate surface area is 186 Å². The summed E-state index contributed by atoms with van der Waals surface area (Å²) in [6.45, 7) is 11.4. The quantitative estimate of drug-likeness (QED) is 0.567. The van der Waals surface area contributed by atoms with Gasteiger partial charge in [0, 0.05) is 19.3 Å². The molecule has 0 amide bonds. The Morgan fingerprint density at radius 3 is 2.75 bits per heavy atom. The lowest BCUT2D eigenvalue weighted by Gasteiger charge is -2.40. The number of allylic oxidation sites excluding steroid dienone is 2. The molecule has 9 heteroatoms. The van der Waals surface area contributed by atoms with E-state index >= 15 is 0 Å². The zero-order valence-corrected chi connectivity index (χ0v) is 18.2. The second kappa shape index (κ2) is 9.52. The van der Waals surface area contributed by atoms with Crippen molar-refractivity contribution in [1.82, 2.24) is 20.5 Å². The lowest BCUT2D eigenvalue weighted by molar-refractivity contribution is -0.122. The summed E-state index contributed by atoms with van der Waals surface area (Å²) in [5, 5.41) is 5.63. The average molecular weight is 447 g/mol. The minimum absolute atomic E-state index is 0.0531. The first-order valence-electron chi connectivity index (χ1n) is 10.4. The summed E-state index contributed by atoms with van der Waals surface area (Å²) in [6.07, 6.45) is 3.74. The number of pyridine rings is 1. The third-order valence-electron chi connectivity index (χ3n) is 5.49. The Bertz CT molecular complexity index is 963. The van der Waals surface area contributed by atoms with Gasteiger partial charge in [-0.3, -0.25) is 0 Å². The van der Waals surface area contributed by atoms with Crippen LogP contribution in [0.1, 0.15) is 24.1 Å². The Hall–Kier alpha value is -3.20. The summed E-state index contributed by atoms with van der Waals surface area (Å²) in [4.78, 5) is 8.54. The van der Waals surface area contributed by atoms with Gasteiger partial charge in [0.05, 0.1) is 22.8 Å². The summed E-state index contributed by atoms with van der Waals surface area (Å²) < 4.78 is 37.8. The molecular weight excluding hydrogens is 417 g/mol. The van der Waals surface area contributed by atoms with Crippen molar-refractivity contribution in [2.75, 3.05) is 25.0 Å². The molecule has 1 aromatic heterocycles. The van der Waals surface area contributed by atoms with Crippen molar-refractivity contribution in [3.05, 3.63) is 78.7 Å². The number of aromatic nitrogens is 1. The molecule has 0 bridgehead atoms. The van der Waals surface area contributed by atoms with Crippen LogP contribution >= 0.6 is 0 Å². The topological polar surface area (TPSA) is 69.5 Å². The zero-order chi connectivity index (χ0) is 23.5. The van der Waals surface area contributed by atoms with Gasteiger partial charge in [0.15, 0.2) is 0 Å². The Morgan fingerprint density at radius 2 is 2.06 bits per heavy atom. The molecule has 3 heterocycles. The van der Waals surface area contributed by atoms with Gasteiger partial charge in [-0.2, -0.15) is 13.2 Å². The number of alkyl halides is 3. The van der Waals surface area contributed by atoms with E-state index in [0.717, 1.165) is 36.2 Å². The number of rotatable bonds is 8. The van der Waals surface area contributed by atoms with Crippen LogP contribution in [0.25, 0.3) is 5.70 Å². The number of hydrogen-bond acceptors (Lipinski definition) is 6. The summed E-state index contributed by atoms with van der Waals surface area (Å²) in [7, 11) is 1.90. The Balaban J connectivity index is 1.89. The highest BCUT2D eigenvalue weighted by Crippen LogP contribution is 2.34. The van der Waals surface area contributed by atoms with E-state index in [0.29, 0.717) is 23.9 Å². The van der Waals surface area contributed by atoms with E-state index < -0.39 is 12.7 Å². The highest BCUT2D eigenvalue weighted by molar-refractivity contribution is 5.64. The SMILES string of the molecule is C=C(NCC(F)(F)F)c1ccc2c(n1)N(C(=C)NC1=CC=CN(C)C1=C)C(CCN)CC2. The van der Waals surface area contributed by atoms with Gasteiger partial charge >= 0.3 is 6.18 Å². The van der Waals surface area contributed by atoms with Crippen LogP contribution in [-0.4, -0.2) is 42.2 Å². The maximum Gasteiger partial charge on any atom is 0.405 e. The van der Waals surface area contributed by atoms with E-state index in [1.165, 1.54) is 0 Å². The Kier molecular flexibility index (Phi) is 6.98. The van der Waals surface area contributed by atoms with Crippen molar-refractivity contribution in [1.29, 1.82) is 0 Å². The molecule has 32 heavy (non-hydrogen) atoms. The van der Waals surface area contributed by atoms with Gasteiger partial charge in [-0.25, -0.2) is 4.98 Å². The molecule has 0 aromatic carbocycles. The molecule has 0 radical (unpaired) electrons. The molecule has 2 aliphatic rings. The van der Waals surface area contributed by atoms with Crippen molar-refractivity contribution in [2.45, 2.75) is 31.5 Å². The normalized spacial score (nSPS) is 18.2. The predicted molar refractivity (Wildman–Crippen MR) is 122 cm³/mol. The lowest BCUT2D eigenvalue weighted by Crippen LogP contribution is -2.44. The van der Waals surface area contributed by atoms with E-state index in [2.05, 4.69) is 35.4 Å². The zero-order valence-electron chi connectivity index (χ0n) is 18.2. The standard InChI is InChI=1S/C23H29F3N6/c1-15(28-14-23(24,25)26)20-10-8-18-7-9-19(11-12-27)32(22(18)30-20)17(3)29-21-6-5-13-31(4)16(21)2/h5-6,8,10,13,19,28-29H,1-3,7,9,11-12,14,27H2,4H3. The molecular formula is C23H29F3N6. The molecule has 0 saturated heterocycles. The molecule has 4 N–H and O–H groups in total. The molecule has 0 saturated carbocycles. The van der Waals surface area contributed by atoms with Crippen LogP contribution < -0.4 is 21.3 Å². The third-order valence-corrected chi connectivity index (χ3v) is 5.49. The molecule has 1 unspecified atom stereocenters. The van der Waals surface area contributed by atoms with Gasteiger partial charge in [-0.1, -0.05) is 25.8 Å². The number of likely N-dealkylation sites (N-methyl/N-ethyl adjacent to an activating group) is 1. The fourth-order valence-electron chi connectivity index (χ4n) is 3.76. The van der Waals surface area contributed by atoms with Gasteiger partial charge in [-0.05, 0) is 49.6 Å². The smallest absolute Gasteiger partial charge is 0.375 e. The highest BCUT2D eigenvalue weighted by Gasteiger charge is 2.31. The number of halogens is 3. The fraction of sp³-hybridized carbons (Fsp3) is 0.348. The monoisotopic (exact) mass is 446 g/mol. The molecule has 6 nitrogen and oxygen atoms in total. The highest BCUT2D eigenvalue weighted by atomic mass is 19.4. The molecule has 1 aromatic rings. The van der Waals surface area contributed by atoms with Gasteiger partial charge < -0.3 is 26.2 Å². The molecule has 0 fully saturated rings. The van der Waals surface area contributed by atoms with Crippen molar-refractivity contribution in [3.8, 4) is 0 Å². The minimum atomic E-state index is -4.34.